The second kappa shape index (κ2) is 16.0. The minimum Gasteiger partial charge on any atom is -0.495 e. The highest BCUT2D eigenvalue weighted by atomic mass is 35.5. The summed E-state index contributed by atoms with van der Waals surface area (Å²) < 4.78 is 35.4. The van der Waals surface area contributed by atoms with Gasteiger partial charge in [-0.05, 0) is 66.8 Å². The first kappa shape index (κ1) is 35.5. The van der Waals surface area contributed by atoms with Gasteiger partial charge in [0.2, 0.25) is 11.8 Å². The summed E-state index contributed by atoms with van der Waals surface area (Å²) in [4.78, 5) is 30.1. The van der Waals surface area contributed by atoms with Gasteiger partial charge >= 0.3 is 0 Å². The number of halogens is 1. The Morgan fingerprint density at radius 3 is 2.15 bits per heavy atom. The van der Waals surface area contributed by atoms with Crippen molar-refractivity contribution in [3.8, 4) is 5.75 Å². The number of anilines is 1. The molecular formula is C37H42ClN3O5S. The lowest BCUT2D eigenvalue weighted by Gasteiger charge is -2.34. The number of sulfonamides is 1. The standard InChI is InChI=1S/C37H42ClN3O5S/c1-26(2)23-39-37(43)34(22-29-11-7-6-8-12-29)40(24-30-13-9-10-14-32(30)38)36(42)25-41(33-21-28(4)17-20-35(33)46-5)47(44,45)31-18-15-27(3)16-19-31/h6-21,26,34H,22-25H2,1-5H3,(H,39,43)/t34-/m0/s1. The normalized spacial score (nSPS) is 12.0. The predicted molar refractivity (Wildman–Crippen MR) is 187 cm³/mol. The smallest absolute Gasteiger partial charge is 0.264 e. The molecular weight excluding hydrogens is 634 g/mol. The molecule has 0 spiro atoms. The summed E-state index contributed by atoms with van der Waals surface area (Å²) in [5, 5.41) is 3.42. The van der Waals surface area contributed by atoms with E-state index in [1.807, 2.05) is 58.0 Å². The van der Waals surface area contributed by atoms with Crippen molar-refractivity contribution in [1.82, 2.24) is 10.2 Å². The van der Waals surface area contributed by atoms with Crippen LogP contribution in [0, 0.1) is 19.8 Å². The summed E-state index contributed by atoms with van der Waals surface area (Å²) in [6, 6.07) is 27.2. The monoisotopic (exact) mass is 675 g/mol. The molecule has 248 valence electrons. The molecule has 0 radical (unpaired) electrons. The third kappa shape index (κ3) is 9.14. The van der Waals surface area contributed by atoms with Crippen molar-refractivity contribution >= 4 is 39.1 Å². The minimum atomic E-state index is -4.28. The van der Waals surface area contributed by atoms with Crippen LogP contribution >= 0.6 is 11.6 Å². The zero-order valence-electron chi connectivity index (χ0n) is 27.4. The number of amides is 2. The van der Waals surface area contributed by atoms with Gasteiger partial charge in [-0.1, -0.05) is 97.7 Å². The minimum absolute atomic E-state index is 0.0194. The van der Waals surface area contributed by atoms with E-state index in [4.69, 9.17) is 16.3 Å². The number of carbonyl (C=O) groups is 2. The lowest BCUT2D eigenvalue weighted by atomic mass is 10.0. The molecule has 8 nitrogen and oxygen atoms in total. The Morgan fingerprint density at radius 1 is 0.872 bits per heavy atom. The molecule has 2 amide bonds. The van der Waals surface area contributed by atoms with Crippen molar-refractivity contribution in [3.05, 3.63) is 124 Å². The summed E-state index contributed by atoms with van der Waals surface area (Å²) >= 11 is 6.58. The molecule has 47 heavy (non-hydrogen) atoms. The number of methoxy groups -OCH3 is 1. The first-order valence-electron chi connectivity index (χ1n) is 15.5. The fourth-order valence-electron chi connectivity index (χ4n) is 5.13. The van der Waals surface area contributed by atoms with Crippen LogP contribution < -0.4 is 14.4 Å². The number of rotatable bonds is 14. The molecule has 4 rings (SSSR count). The Balaban J connectivity index is 1.86. The molecule has 0 heterocycles. The number of hydrogen-bond donors (Lipinski definition) is 1. The van der Waals surface area contributed by atoms with E-state index in [9.17, 15) is 18.0 Å². The molecule has 4 aromatic rings. The van der Waals surface area contributed by atoms with Crippen LogP contribution in [0.15, 0.2) is 102 Å². The summed E-state index contributed by atoms with van der Waals surface area (Å²) in [7, 11) is -2.83. The van der Waals surface area contributed by atoms with Crippen molar-refractivity contribution in [2.45, 2.75) is 51.6 Å². The molecule has 0 aliphatic carbocycles. The fraction of sp³-hybridized carbons (Fsp3) is 0.297. The van der Waals surface area contributed by atoms with Crippen LogP contribution in [0.5, 0.6) is 5.75 Å². The van der Waals surface area contributed by atoms with Crippen LogP contribution in [-0.4, -0.2) is 51.4 Å². The van der Waals surface area contributed by atoms with Crippen molar-refractivity contribution in [2.24, 2.45) is 5.92 Å². The van der Waals surface area contributed by atoms with Gasteiger partial charge in [0, 0.05) is 24.5 Å². The van der Waals surface area contributed by atoms with Gasteiger partial charge in [0.15, 0.2) is 0 Å². The molecule has 0 unspecified atom stereocenters. The molecule has 0 bridgehead atoms. The highest BCUT2D eigenvalue weighted by Gasteiger charge is 2.36. The number of nitrogens with one attached hydrogen (secondary N) is 1. The summed E-state index contributed by atoms with van der Waals surface area (Å²) in [6.07, 6.45) is 0.208. The van der Waals surface area contributed by atoms with Crippen molar-refractivity contribution in [1.29, 1.82) is 0 Å². The number of benzene rings is 4. The van der Waals surface area contributed by atoms with Crippen molar-refractivity contribution in [3.63, 3.8) is 0 Å². The van der Waals surface area contributed by atoms with Gasteiger partial charge in [-0.3, -0.25) is 13.9 Å². The Labute approximate surface area is 283 Å². The highest BCUT2D eigenvalue weighted by Crippen LogP contribution is 2.34. The van der Waals surface area contributed by atoms with Crippen LogP contribution in [0.2, 0.25) is 5.02 Å². The molecule has 0 aliphatic rings. The lowest BCUT2D eigenvalue weighted by molar-refractivity contribution is -0.140. The molecule has 0 aromatic heterocycles. The van der Waals surface area contributed by atoms with Gasteiger partial charge < -0.3 is 15.0 Å². The van der Waals surface area contributed by atoms with E-state index in [0.717, 1.165) is 21.0 Å². The SMILES string of the molecule is COc1ccc(C)cc1N(CC(=O)N(Cc1ccccc1Cl)[C@@H](Cc1ccccc1)C(=O)NCC(C)C)S(=O)(=O)c1ccc(C)cc1. The van der Waals surface area contributed by atoms with E-state index in [1.165, 1.54) is 24.1 Å². The molecule has 0 fully saturated rings. The summed E-state index contributed by atoms with van der Waals surface area (Å²) in [6.45, 7) is 7.47. The van der Waals surface area contributed by atoms with Crippen LogP contribution in [0.4, 0.5) is 5.69 Å². The van der Waals surface area contributed by atoms with E-state index in [2.05, 4.69) is 5.32 Å². The van der Waals surface area contributed by atoms with E-state index < -0.39 is 28.5 Å². The van der Waals surface area contributed by atoms with E-state index in [-0.39, 0.29) is 41.1 Å². The molecule has 0 saturated heterocycles. The number of aryl methyl sites for hydroxylation is 2. The maximum Gasteiger partial charge on any atom is 0.264 e. The Kier molecular flexibility index (Phi) is 12.1. The molecule has 0 aliphatic heterocycles. The average Bonchev–Trinajstić information content (AvgIpc) is 3.05. The number of ether oxygens (including phenoxy) is 1. The Morgan fingerprint density at radius 2 is 1.51 bits per heavy atom. The molecule has 0 saturated carbocycles. The highest BCUT2D eigenvalue weighted by molar-refractivity contribution is 7.92. The van der Waals surface area contributed by atoms with Gasteiger partial charge in [-0.2, -0.15) is 0 Å². The largest absolute Gasteiger partial charge is 0.495 e. The zero-order valence-corrected chi connectivity index (χ0v) is 29.0. The quantitative estimate of drug-likeness (QED) is 0.163. The lowest BCUT2D eigenvalue weighted by Crippen LogP contribution is -2.53. The Bertz CT molecular complexity index is 1780. The zero-order chi connectivity index (χ0) is 34.1. The van der Waals surface area contributed by atoms with Crippen LogP contribution in [0.25, 0.3) is 0 Å². The van der Waals surface area contributed by atoms with Crippen LogP contribution in [0.1, 0.15) is 36.1 Å². The summed E-state index contributed by atoms with van der Waals surface area (Å²) in [5.74, 6) is -0.464. The number of nitrogens with zero attached hydrogens (tertiary/aromatic N) is 2. The second-order valence-electron chi connectivity index (χ2n) is 12.0. The first-order valence-corrected chi connectivity index (χ1v) is 17.3. The molecule has 1 atom stereocenters. The molecule has 1 N–H and O–H groups in total. The molecule has 4 aromatic carbocycles. The van der Waals surface area contributed by atoms with E-state index in [1.54, 1.807) is 54.6 Å². The van der Waals surface area contributed by atoms with Gasteiger partial charge in [0.1, 0.15) is 18.3 Å². The third-order valence-corrected chi connectivity index (χ3v) is 9.89. The number of carbonyl (C=O) groups excluding carboxylic acids is 2. The third-order valence-electron chi connectivity index (χ3n) is 7.75. The van der Waals surface area contributed by atoms with Gasteiger partial charge in [0.25, 0.3) is 10.0 Å². The Hall–Kier alpha value is -4.34. The van der Waals surface area contributed by atoms with E-state index in [0.29, 0.717) is 17.1 Å². The van der Waals surface area contributed by atoms with Crippen LogP contribution in [0.3, 0.4) is 0 Å². The topological polar surface area (TPSA) is 96.0 Å². The maximum atomic E-state index is 14.7. The van der Waals surface area contributed by atoms with Gasteiger partial charge in [-0.15, -0.1) is 0 Å². The number of hydrogen-bond acceptors (Lipinski definition) is 5. The van der Waals surface area contributed by atoms with Crippen molar-refractivity contribution in [2.75, 3.05) is 24.5 Å². The van der Waals surface area contributed by atoms with E-state index >= 15 is 0 Å². The van der Waals surface area contributed by atoms with Gasteiger partial charge in [-0.25, -0.2) is 8.42 Å². The van der Waals surface area contributed by atoms with Crippen molar-refractivity contribution < 1.29 is 22.7 Å². The average molecular weight is 676 g/mol. The first-order chi connectivity index (χ1) is 22.4. The van der Waals surface area contributed by atoms with Crippen LogP contribution in [-0.2, 0) is 32.6 Å². The summed E-state index contributed by atoms with van der Waals surface area (Å²) in [5.41, 5.74) is 3.35. The second-order valence-corrected chi connectivity index (χ2v) is 14.2. The molecule has 10 heteroatoms. The van der Waals surface area contributed by atoms with Gasteiger partial charge in [0.05, 0.1) is 17.7 Å². The fourth-order valence-corrected chi connectivity index (χ4v) is 6.74. The maximum absolute atomic E-state index is 14.7. The predicted octanol–water partition coefficient (Wildman–Crippen LogP) is 6.57.